The van der Waals surface area contributed by atoms with Crippen LogP contribution in [0.1, 0.15) is 5.56 Å². The minimum absolute atomic E-state index is 0.0499. The molecule has 11 nitrogen and oxygen atoms in total. The Morgan fingerprint density at radius 1 is 1.12 bits per heavy atom. The van der Waals surface area contributed by atoms with Crippen molar-refractivity contribution in [2.75, 3.05) is 13.7 Å². The molecule has 5 rings (SSSR count). The first kappa shape index (κ1) is 20.4. The lowest BCUT2D eigenvalue weighted by Crippen LogP contribution is -2.22. The van der Waals surface area contributed by atoms with Crippen LogP contribution >= 0.6 is 0 Å². The molecule has 0 atom stereocenters. The molecule has 0 fully saturated rings. The number of nitro benzene ring substituents is 1. The van der Waals surface area contributed by atoms with Crippen molar-refractivity contribution in [3.63, 3.8) is 0 Å². The lowest BCUT2D eigenvalue weighted by Gasteiger charge is -2.04. The Kier molecular flexibility index (Phi) is 5.07. The highest BCUT2D eigenvalue weighted by atomic mass is 16.6. The summed E-state index contributed by atoms with van der Waals surface area (Å²) in [6, 6.07) is 13.4. The molecule has 0 aliphatic carbocycles. The molecule has 0 saturated heterocycles. The molecule has 5 aromatic rings. The van der Waals surface area contributed by atoms with Gasteiger partial charge >= 0.3 is 0 Å². The molecule has 11 heteroatoms. The van der Waals surface area contributed by atoms with Gasteiger partial charge in [-0.15, -0.1) is 0 Å². The summed E-state index contributed by atoms with van der Waals surface area (Å²) in [5.41, 5.74) is 2.49. The molecule has 0 unspecified atom stereocenters. The first-order valence-electron chi connectivity index (χ1n) is 10.0. The summed E-state index contributed by atoms with van der Waals surface area (Å²) in [6.45, 7) is 0.689. The second kappa shape index (κ2) is 8.20. The van der Waals surface area contributed by atoms with Crippen LogP contribution in [0.4, 0.5) is 5.69 Å². The Morgan fingerprint density at radius 2 is 1.91 bits per heavy atom. The number of ether oxygens (including phenoxy) is 1. The van der Waals surface area contributed by atoms with E-state index in [9.17, 15) is 14.9 Å². The molecular formula is C22H17N7O4. The summed E-state index contributed by atoms with van der Waals surface area (Å²) in [7, 11) is 1.56. The SMILES string of the molecule is COCCn1cnc2c(c1=O)c1nc3ccccc3nc1n2N=Cc1cccc([N+](=O)[O-])c1. The summed E-state index contributed by atoms with van der Waals surface area (Å²) in [5, 5.41) is 15.8. The van der Waals surface area contributed by atoms with Gasteiger partial charge in [0.1, 0.15) is 17.2 Å². The molecule has 0 saturated carbocycles. The topological polar surface area (TPSA) is 130 Å². The Hall–Kier alpha value is -4.51. The first-order valence-corrected chi connectivity index (χ1v) is 10.0. The van der Waals surface area contributed by atoms with Gasteiger partial charge in [-0.25, -0.2) is 15.0 Å². The third kappa shape index (κ3) is 3.59. The van der Waals surface area contributed by atoms with Gasteiger partial charge in [-0.1, -0.05) is 24.3 Å². The van der Waals surface area contributed by atoms with Gasteiger partial charge < -0.3 is 4.74 Å². The Labute approximate surface area is 185 Å². The highest BCUT2D eigenvalue weighted by Gasteiger charge is 2.19. The normalized spacial score (nSPS) is 11.8. The minimum Gasteiger partial charge on any atom is -0.383 e. The van der Waals surface area contributed by atoms with Crippen molar-refractivity contribution in [1.29, 1.82) is 0 Å². The summed E-state index contributed by atoms with van der Waals surface area (Å²) in [6.07, 6.45) is 2.89. The van der Waals surface area contributed by atoms with E-state index in [1.807, 2.05) is 24.3 Å². The van der Waals surface area contributed by atoms with Crippen LogP contribution in [0, 0.1) is 10.1 Å². The van der Waals surface area contributed by atoms with Crippen molar-refractivity contribution < 1.29 is 9.66 Å². The highest BCUT2D eigenvalue weighted by molar-refractivity contribution is 6.04. The first-order chi connectivity index (χ1) is 16.1. The smallest absolute Gasteiger partial charge is 0.270 e. The van der Waals surface area contributed by atoms with Gasteiger partial charge in [-0.05, 0) is 12.1 Å². The van der Waals surface area contributed by atoms with E-state index in [2.05, 4.69) is 20.1 Å². The summed E-state index contributed by atoms with van der Waals surface area (Å²) in [5.74, 6) is 0. The average molecular weight is 443 g/mol. The van der Waals surface area contributed by atoms with Crippen LogP contribution in [-0.2, 0) is 11.3 Å². The maximum absolute atomic E-state index is 13.3. The van der Waals surface area contributed by atoms with Crippen LogP contribution in [0.25, 0.3) is 33.2 Å². The molecule has 0 radical (unpaired) electrons. The Morgan fingerprint density at radius 3 is 2.67 bits per heavy atom. The van der Waals surface area contributed by atoms with Gasteiger partial charge in [-0.2, -0.15) is 9.78 Å². The zero-order valence-corrected chi connectivity index (χ0v) is 17.5. The van der Waals surface area contributed by atoms with E-state index in [1.54, 1.807) is 19.2 Å². The Balaban J connectivity index is 1.76. The quantitative estimate of drug-likeness (QED) is 0.224. The zero-order chi connectivity index (χ0) is 22.9. The minimum atomic E-state index is -0.473. The summed E-state index contributed by atoms with van der Waals surface area (Å²) >= 11 is 0. The number of nitrogens with zero attached hydrogens (tertiary/aromatic N) is 7. The number of benzene rings is 2. The number of hydrogen-bond acceptors (Lipinski definition) is 8. The second-order valence-electron chi connectivity index (χ2n) is 7.23. The van der Waals surface area contributed by atoms with Gasteiger partial charge in [0.25, 0.3) is 11.2 Å². The fourth-order valence-electron chi connectivity index (χ4n) is 3.56. The van der Waals surface area contributed by atoms with E-state index in [0.29, 0.717) is 46.6 Å². The highest BCUT2D eigenvalue weighted by Crippen LogP contribution is 2.25. The van der Waals surface area contributed by atoms with Gasteiger partial charge in [0, 0.05) is 24.8 Å². The molecule has 164 valence electrons. The summed E-state index contributed by atoms with van der Waals surface area (Å²) < 4.78 is 7.98. The molecule has 0 N–H and O–H groups in total. The molecule has 3 aromatic heterocycles. The number of fused-ring (bicyclic) bond motifs is 4. The predicted molar refractivity (Wildman–Crippen MR) is 123 cm³/mol. The molecular weight excluding hydrogens is 426 g/mol. The van der Waals surface area contributed by atoms with Crippen LogP contribution in [-0.4, -0.2) is 49.0 Å². The third-order valence-electron chi connectivity index (χ3n) is 5.15. The van der Waals surface area contributed by atoms with Crippen LogP contribution in [0.15, 0.2) is 64.8 Å². The van der Waals surface area contributed by atoms with Crippen molar-refractivity contribution in [2.24, 2.45) is 5.10 Å². The van der Waals surface area contributed by atoms with Crippen LogP contribution in [0.3, 0.4) is 0 Å². The van der Waals surface area contributed by atoms with E-state index in [0.717, 1.165) is 0 Å². The van der Waals surface area contributed by atoms with Gasteiger partial charge in [0.15, 0.2) is 11.3 Å². The molecule has 33 heavy (non-hydrogen) atoms. The van der Waals surface area contributed by atoms with E-state index >= 15 is 0 Å². The number of rotatable bonds is 6. The van der Waals surface area contributed by atoms with Crippen LogP contribution in [0.2, 0.25) is 0 Å². The monoisotopic (exact) mass is 443 g/mol. The lowest BCUT2D eigenvalue weighted by molar-refractivity contribution is -0.384. The largest absolute Gasteiger partial charge is 0.383 e. The number of non-ortho nitro benzene ring substituents is 1. The fourth-order valence-corrected chi connectivity index (χ4v) is 3.56. The molecule has 0 bridgehead atoms. The van der Waals surface area contributed by atoms with E-state index in [-0.39, 0.29) is 16.6 Å². The summed E-state index contributed by atoms with van der Waals surface area (Å²) in [4.78, 5) is 37.7. The van der Waals surface area contributed by atoms with Gasteiger partial charge in [0.05, 0.1) is 35.3 Å². The third-order valence-corrected chi connectivity index (χ3v) is 5.15. The van der Waals surface area contributed by atoms with Crippen LogP contribution in [0.5, 0.6) is 0 Å². The Bertz CT molecular complexity index is 1620. The molecule has 0 amide bonds. The van der Waals surface area contributed by atoms with Crippen molar-refractivity contribution in [3.8, 4) is 0 Å². The van der Waals surface area contributed by atoms with Crippen molar-refractivity contribution >= 4 is 45.1 Å². The van der Waals surface area contributed by atoms with E-state index in [4.69, 9.17) is 4.74 Å². The molecule has 0 spiro atoms. The van der Waals surface area contributed by atoms with Crippen molar-refractivity contribution in [2.45, 2.75) is 6.54 Å². The number of methoxy groups -OCH3 is 1. The number of hydrogen-bond donors (Lipinski definition) is 0. The molecule has 0 aliphatic heterocycles. The van der Waals surface area contributed by atoms with Crippen molar-refractivity contribution in [3.05, 3.63) is 80.9 Å². The second-order valence-corrected chi connectivity index (χ2v) is 7.23. The predicted octanol–water partition coefficient (Wildman–Crippen LogP) is 2.73. The molecule has 3 heterocycles. The zero-order valence-electron chi connectivity index (χ0n) is 17.5. The lowest BCUT2D eigenvalue weighted by atomic mass is 10.2. The molecule has 2 aromatic carbocycles. The maximum Gasteiger partial charge on any atom is 0.270 e. The molecule has 0 aliphatic rings. The van der Waals surface area contributed by atoms with Crippen LogP contribution < -0.4 is 5.56 Å². The van der Waals surface area contributed by atoms with Crippen molar-refractivity contribution in [1.82, 2.24) is 24.2 Å². The fraction of sp³-hybridized carbons (Fsp3) is 0.136. The number of nitro groups is 1. The van der Waals surface area contributed by atoms with Gasteiger partial charge in [-0.3, -0.25) is 19.5 Å². The van der Waals surface area contributed by atoms with E-state index in [1.165, 1.54) is 33.9 Å². The van der Waals surface area contributed by atoms with Gasteiger partial charge in [0.2, 0.25) is 0 Å². The standard InChI is InChI=1S/C22H17N7O4/c1-33-10-9-27-13-23-20-18(22(27)30)19-21(26-17-8-3-2-7-16(17)25-19)28(20)24-12-14-5-4-6-15(11-14)29(31)32/h2-8,11-13H,9-10H2,1H3. The number of aromatic nitrogens is 5. The van der Waals surface area contributed by atoms with E-state index < -0.39 is 4.92 Å². The number of para-hydroxylation sites is 2. The average Bonchev–Trinajstić information content (AvgIpc) is 3.14. The maximum atomic E-state index is 13.3.